The van der Waals surface area contributed by atoms with E-state index in [4.69, 9.17) is 22.1 Å². The number of nitrogens with one attached hydrogen (secondary N) is 2. The van der Waals surface area contributed by atoms with Gasteiger partial charge in [0.15, 0.2) is 5.69 Å². The highest BCUT2D eigenvalue weighted by Crippen LogP contribution is 2.18. The predicted octanol–water partition coefficient (Wildman–Crippen LogP) is 1.12. The number of ether oxygens (including phenoxy) is 1. The summed E-state index contributed by atoms with van der Waals surface area (Å²) < 4.78 is 6.33. The molecule has 0 aliphatic rings. The first-order valence-electron chi connectivity index (χ1n) is 10.8. The number of H-pyrrole nitrogens is 1. The van der Waals surface area contributed by atoms with Gasteiger partial charge in [-0.05, 0) is 37.7 Å². The lowest BCUT2D eigenvalue weighted by atomic mass is 10.3. The first-order chi connectivity index (χ1) is 16.2. The van der Waals surface area contributed by atoms with Crippen molar-refractivity contribution in [3.63, 3.8) is 0 Å². The largest absolute Gasteiger partial charge is 0.383 e. The van der Waals surface area contributed by atoms with Crippen molar-refractivity contribution in [1.82, 2.24) is 14.5 Å². The molecule has 1 aromatic heterocycles. The maximum atomic E-state index is 13.1. The third-order valence-electron chi connectivity index (χ3n) is 4.99. The molecule has 186 valence electrons. The average Bonchev–Trinajstić information content (AvgIpc) is 2.77. The Labute approximate surface area is 202 Å². The number of nitrogens with zero attached hydrogens (tertiary/aromatic N) is 3. The number of methoxy groups -OCH3 is 1. The fraction of sp³-hybridized carbons (Fsp3) is 0.455. The van der Waals surface area contributed by atoms with E-state index in [-0.39, 0.29) is 43.7 Å². The second-order valence-corrected chi connectivity index (χ2v) is 8.20. The van der Waals surface area contributed by atoms with Crippen LogP contribution < -0.4 is 27.2 Å². The Hall–Kier alpha value is -3.15. The molecule has 11 nitrogen and oxygen atoms in total. The number of hydrogen-bond donors (Lipinski definition) is 3. The number of hydrogen-bond acceptors (Lipinski definition) is 7. The van der Waals surface area contributed by atoms with Gasteiger partial charge in [0.25, 0.3) is 5.56 Å². The van der Waals surface area contributed by atoms with Crippen LogP contribution in [0.25, 0.3) is 0 Å². The summed E-state index contributed by atoms with van der Waals surface area (Å²) in [7, 11) is 3.06. The van der Waals surface area contributed by atoms with Crippen LogP contribution in [-0.2, 0) is 20.9 Å². The van der Waals surface area contributed by atoms with E-state index in [1.54, 1.807) is 31.3 Å². The Morgan fingerprint density at radius 2 is 1.88 bits per heavy atom. The monoisotopic (exact) mass is 494 g/mol. The minimum absolute atomic E-state index is 0.0411. The first-order valence-corrected chi connectivity index (χ1v) is 11.2. The van der Waals surface area contributed by atoms with E-state index < -0.39 is 17.2 Å². The van der Waals surface area contributed by atoms with Crippen molar-refractivity contribution in [3.8, 4) is 0 Å². The Balaban J connectivity index is 2.19. The van der Waals surface area contributed by atoms with Gasteiger partial charge in [0.1, 0.15) is 5.82 Å². The number of anilines is 3. The number of aromatic nitrogens is 2. The number of likely N-dealkylation sites (N-methyl/N-ethyl adjacent to an activating group) is 1. The molecular weight excluding hydrogens is 464 g/mol. The molecule has 0 aliphatic heterocycles. The molecule has 4 N–H and O–H groups in total. The molecule has 0 fully saturated rings. The van der Waals surface area contributed by atoms with Crippen molar-refractivity contribution in [2.45, 2.75) is 26.3 Å². The lowest BCUT2D eigenvalue weighted by molar-refractivity contribution is -0.121. The van der Waals surface area contributed by atoms with Crippen molar-refractivity contribution in [1.29, 1.82) is 0 Å². The third-order valence-corrected chi connectivity index (χ3v) is 5.24. The molecule has 0 spiro atoms. The van der Waals surface area contributed by atoms with E-state index in [0.717, 1.165) is 6.42 Å². The Morgan fingerprint density at radius 3 is 2.50 bits per heavy atom. The maximum absolute atomic E-state index is 13.1. The quantitative estimate of drug-likeness (QED) is 0.401. The molecule has 0 atom stereocenters. The molecule has 2 rings (SSSR count). The van der Waals surface area contributed by atoms with Crippen molar-refractivity contribution < 1.29 is 14.3 Å². The molecule has 12 heteroatoms. The van der Waals surface area contributed by atoms with Crippen molar-refractivity contribution in [2.24, 2.45) is 0 Å². The zero-order valence-electron chi connectivity index (χ0n) is 19.6. The minimum atomic E-state index is -0.761. The van der Waals surface area contributed by atoms with Gasteiger partial charge in [-0.1, -0.05) is 24.9 Å². The van der Waals surface area contributed by atoms with Crippen LogP contribution in [0, 0.1) is 0 Å². The summed E-state index contributed by atoms with van der Waals surface area (Å²) >= 11 is 5.85. The number of unbranched alkanes of at least 4 members (excludes halogenated alkanes) is 1. The van der Waals surface area contributed by atoms with E-state index >= 15 is 0 Å². The highest BCUT2D eigenvalue weighted by atomic mass is 35.5. The number of halogens is 1. The SMILES string of the molecule is CCCCn1c(N)c(N(CCOC)C(=O)CN(C)CC(=O)Nc2ccc(Cl)cc2)c(=O)[nH]c1=O. The van der Waals surface area contributed by atoms with Gasteiger partial charge in [-0.25, -0.2) is 4.79 Å². The van der Waals surface area contributed by atoms with Crippen molar-refractivity contribution >= 4 is 40.6 Å². The van der Waals surface area contributed by atoms with Crippen LogP contribution in [0.4, 0.5) is 17.2 Å². The molecule has 34 heavy (non-hydrogen) atoms. The van der Waals surface area contributed by atoms with Gasteiger partial charge < -0.3 is 20.7 Å². The van der Waals surface area contributed by atoms with E-state index in [0.29, 0.717) is 23.7 Å². The lowest BCUT2D eigenvalue weighted by Gasteiger charge is -2.26. The van der Waals surface area contributed by atoms with Crippen molar-refractivity contribution in [3.05, 3.63) is 50.1 Å². The number of rotatable bonds is 12. The fourth-order valence-corrected chi connectivity index (χ4v) is 3.40. The van der Waals surface area contributed by atoms with E-state index in [2.05, 4.69) is 10.3 Å². The summed E-state index contributed by atoms with van der Waals surface area (Å²) in [5.74, 6) is -0.891. The van der Waals surface area contributed by atoms with Crippen molar-refractivity contribution in [2.75, 3.05) is 56.3 Å². The topological polar surface area (TPSA) is 143 Å². The summed E-state index contributed by atoms with van der Waals surface area (Å²) in [5, 5.41) is 3.27. The van der Waals surface area contributed by atoms with Gasteiger partial charge in [0.05, 0.1) is 19.7 Å². The number of nitrogen functional groups attached to an aromatic ring is 1. The summed E-state index contributed by atoms with van der Waals surface area (Å²) in [5.41, 5.74) is 5.23. The van der Waals surface area contributed by atoms with E-state index in [1.807, 2.05) is 6.92 Å². The number of carbonyl (C=O) groups excluding carboxylic acids is 2. The van der Waals surface area contributed by atoms with Gasteiger partial charge in [0, 0.05) is 30.9 Å². The summed E-state index contributed by atoms with van der Waals surface area (Å²) in [4.78, 5) is 55.3. The van der Waals surface area contributed by atoms with E-state index in [9.17, 15) is 19.2 Å². The number of amides is 2. The van der Waals surface area contributed by atoms with Crippen LogP contribution >= 0.6 is 11.6 Å². The maximum Gasteiger partial charge on any atom is 0.330 e. The molecule has 0 saturated carbocycles. The Kier molecular flexibility index (Phi) is 10.3. The molecule has 2 amide bonds. The molecule has 0 aliphatic carbocycles. The zero-order valence-corrected chi connectivity index (χ0v) is 20.4. The highest BCUT2D eigenvalue weighted by Gasteiger charge is 2.25. The second kappa shape index (κ2) is 12.9. The smallest absolute Gasteiger partial charge is 0.330 e. The van der Waals surface area contributed by atoms with Crippen LogP contribution in [0.2, 0.25) is 5.02 Å². The van der Waals surface area contributed by atoms with Crippen LogP contribution in [0.15, 0.2) is 33.9 Å². The lowest BCUT2D eigenvalue weighted by Crippen LogP contribution is -2.46. The molecular formula is C22H31ClN6O5. The van der Waals surface area contributed by atoms with Crippen LogP contribution in [0.1, 0.15) is 19.8 Å². The van der Waals surface area contributed by atoms with Gasteiger partial charge in [0.2, 0.25) is 11.8 Å². The highest BCUT2D eigenvalue weighted by molar-refractivity contribution is 6.30. The molecule has 2 aromatic rings. The first kappa shape index (κ1) is 27.1. The summed E-state index contributed by atoms with van der Waals surface area (Å²) in [6, 6.07) is 6.64. The van der Waals surface area contributed by atoms with Gasteiger partial charge in [-0.3, -0.25) is 28.8 Å². The second-order valence-electron chi connectivity index (χ2n) is 7.76. The minimum Gasteiger partial charge on any atom is -0.383 e. The van der Waals surface area contributed by atoms with Crippen LogP contribution in [0.3, 0.4) is 0 Å². The third kappa shape index (κ3) is 7.44. The molecule has 1 heterocycles. The Morgan fingerprint density at radius 1 is 1.21 bits per heavy atom. The van der Waals surface area contributed by atoms with Crippen LogP contribution in [0.5, 0.6) is 0 Å². The zero-order chi connectivity index (χ0) is 25.3. The summed E-state index contributed by atoms with van der Waals surface area (Å²) in [6.45, 7) is 2.20. The number of benzene rings is 1. The van der Waals surface area contributed by atoms with Gasteiger partial charge >= 0.3 is 5.69 Å². The van der Waals surface area contributed by atoms with Crippen LogP contribution in [-0.4, -0.2) is 66.7 Å². The fourth-order valence-electron chi connectivity index (χ4n) is 3.27. The predicted molar refractivity (Wildman–Crippen MR) is 132 cm³/mol. The molecule has 0 unspecified atom stereocenters. The average molecular weight is 495 g/mol. The van der Waals surface area contributed by atoms with Gasteiger partial charge in [-0.15, -0.1) is 0 Å². The van der Waals surface area contributed by atoms with E-state index in [1.165, 1.54) is 21.5 Å². The molecule has 1 aromatic carbocycles. The molecule has 0 saturated heterocycles. The Bertz CT molecular complexity index is 1100. The summed E-state index contributed by atoms with van der Waals surface area (Å²) in [6.07, 6.45) is 1.49. The number of nitrogens with two attached hydrogens (primary N) is 1. The molecule has 0 radical (unpaired) electrons. The van der Waals surface area contributed by atoms with Gasteiger partial charge in [-0.2, -0.15) is 0 Å². The number of carbonyl (C=O) groups is 2. The normalized spacial score (nSPS) is 11.0. The molecule has 0 bridgehead atoms. The standard InChI is InChI=1S/C22H31ClN6O5/c1-4-5-10-29-20(24)19(21(32)26-22(29)33)28(11-12-34-3)18(31)14-27(2)13-17(30)25-16-8-6-15(23)7-9-16/h6-9H,4-5,10-14,24H2,1-3H3,(H,25,30)(H,26,32,33). The number of aromatic amines is 1.